The number of sulfonamides is 1. The summed E-state index contributed by atoms with van der Waals surface area (Å²) in [6.45, 7) is 0. The molecule has 0 amide bonds. The van der Waals surface area contributed by atoms with Crippen molar-refractivity contribution in [1.82, 2.24) is 4.72 Å². The molecule has 0 heterocycles. The van der Waals surface area contributed by atoms with E-state index in [0.29, 0.717) is 0 Å². The first-order valence-corrected chi connectivity index (χ1v) is 7.20. The predicted molar refractivity (Wildman–Crippen MR) is 66.1 cm³/mol. The molecular weight excluding hydrogens is 278 g/mol. The number of nitrogens with one attached hydrogen (secondary N) is 1. The zero-order chi connectivity index (χ0) is 13.3. The highest BCUT2D eigenvalue weighted by molar-refractivity contribution is 7.89. The van der Waals surface area contributed by atoms with Crippen LogP contribution in [0.3, 0.4) is 0 Å². The molecule has 1 aliphatic rings. The Morgan fingerprint density at radius 3 is 2.67 bits per heavy atom. The minimum atomic E-state index is -3.68. The number of hydrogen-bond acceptors (Lipinski definition) is 4. The number of ether oxygens (including phenoxy) is 1. The van der Waals surface area contributed by atoms with Crippen LogP contribution in [0.1, 0.15) is 23.2 Å². The largest absolute Gasteiger partial charge is 0.465 e. The van der Waals surface area contributed by atoms with Gasteiger partial charge in [0.1, 0.15) is 4.90 Å². The molecule has 0 aromatic heterocycles. The van der Waals surface area contributed by atoms with E-state index >= 15 is 0 Å². The van der Waals surface area contributed by atoms with E-state index in [-0.39, 0.29) is 21.5 Å². The second-order valence-corrected chi connectivity index (χ2v) is 6.12. The van der Waals surface area contributed by atoms with Crippen molar-refractivity contribution in [2.45, 2.75) is 23.8 Å². The highest BCUT2D eigenvalue weighted by Crippen LogP contribution is 2.26. The lowest BCUT2D eigenvalue weighted by Gasteiger charge is -2.08. The number of halogens is 1. The van der Waals surface area contributed by atoms with Gasteiger partial charge in [0.25, 0.3) is 0 Å². The Morgan fingerprint density at radius 2 is 2.11 bits per heavy atom. The number of carbonyl (C=O) groups excluding carboxylic acids is 1. The molecule has 0 aliphatic heterocycles. The molecule has 2 rings (SSSR count). The fourth-order valence-electron chi connectivity index (χ4n) is 1.44. The van der Waals surface area contributed by atoms with Crippen LogP contribution in [-0.2, 0) is 14.8 Å². The lowest BCUT2D eigenvalue weighted by Crippen LogP contribution is -2.26. The third-order valence-corrected chi connectivity index (χ3v) is 4.54. The van der Waals surface area contributed by atoms with Crippen LogP contribution in [0.25, 0.3) is 0 Å². The van der Waals surface area contributed by atoms with Gasteiger partial charge >= 0.3 is 5.97 Å². The van der Waals surface area contributed by atoms with Gasteiger partial charge in [0.05, 0.1) is 17.7 Å². The van der Waals surface area contributed by atoms with Crippen LogP contribution in [-0.4, -0.2) is 27.5 Å². The summed E-state index contributed by atoms with van der Waals surface area (Å²) in [7, 11) is -2.45. The maximum Gasteiger partial charge on any atom is 0.337 e. The molecule has 5 nitrogen and oxygen atoms in total. The molecule has 1 aromatic rings. The van der Waals surface area contributed by atoms with Gasteiger partial charge in [-0.2, -0.15) is 0 Å². The quantitative estimate of drug-likeness (QED) is 0.854. The zero-order valence-electron chi connectivity index (χ0n) is 9.64. The second kappa shape index (κ2) is 4.87. The smallest absolute Gasteiger partial charge is 0.337 e. The molecular formula is C11H12ClNO4S. The highest BCUT2D eigenvalue weighted by Gasteiger charge is 2.29. The molecule has 0 bridgehead atoms. The summed E-state index contributed by atoms with van der Waals surface area (Å²) in [5, 5.41) is 0.0794. The van der Waals surface area contributed by atoms with Crippen LogP contribution in [0.4, 0.5) is 0 Å². The number of carbonyl (C=O) groups is 1. The molecule has 18 heavy (non-hydrogen) atoms. The van der Waals surface area contributed by atoms with E-state index in [1.54, 1.807) is 0 Å². The Hall–Kier alpha value is -1.11. The van der Waals surface area contributed by atoms with Gasteiger partial charge in [0.15, 0.2) is 0 Å². The highest BCUT2D eigenvalue weighted by atomic mass is 35.5. The molecule has 98 valence electrons. The summed E-state index contributed by atoms with van der Waals surface area (Å²) >= 11 is 5.86. The number of methoxy groups -OCH3 is 1. The van der Waals surface area contributed by atoms with Gasteiger partial charge in [-0.15, -0.1) is 0 Å². The van der Waals surface area contributed by atoms with E-state index in [1.807, 2.05) is 0 Å². The van der Waals surface area contributed by atoms with Crippen LogP contribution in [0.15, 0.2) is 23.1 Å². The standard InChI is InChI=1S/C11H12ClNO4S/c1-17-11(14)7-2-5-9(12)10(6-7)18(15,16)13-8-3-4-8/h2,5-6,8,13H,3-4H2,1H3. The van der Waals surface area contributed by atoms with Crippen molar-refractivity contribution >= 4 is 27.6 Å². The van der Waals surface area contributed by atoms with Crippen LogP contribution in [0, 0.1) is 0 Å². The molecule has 1 N–H and O–H groups in total. The van der Waals surface area contributed by atoms with E-state index in [9.17, 15) is 13.2 Å². The molecule has 1 saturated carbocycles. The second-order valence-electron chi connectivity index (χ2n) is 4.03. The first kappa shape index (κ1) is 13.3. The summed E-state index contributed by atoms with van der Waals surface area (Å²) in [5.41, 5.74) is 0.151. The van der Waals surface area contributed by atoms with Crippen LogP contribution in [0.2, 0.25) is 5.02 Å². The average Bonchev–Trinajstić information content (AvgIpc) is 3.11. The number of hydrogen-bond donors (Lipinski definition) is 1. The Bertz CT molecular complexity index is 581. The monoisotopic (exact) mass is 289 g/mol. The maximum absolute atomic E-state index is 12.0. The minimum absolute atomic E-state index is 0.0205. The molecule has 0 radical (unpaired) electrons. The van der Waals surface area contributed by atoms with E-state index in [4.69, 9.17) is 11.6 Å². The summed E-state index contributed by atoms with van der Waals surface area (Å²) in [4.78, 5) is 11.3. The fourth-order valence-corrected chi connectivity index (χ4v) is 3.27. The topological polar surface area (TPSA) is 72.5 Å². The van der Waals surface area contributed by atoms with Crippen molar-refractivity contribution in [1.29, 1.82) is 0 Å². The zero-order valence-corrected chi connectivity index (χ0v) is 11.2. The third kappa shape index (κ3) is 2.82. The van der Waals surface area contributed by atoms with Gasteiger partial charge in [-0.1, -0.05) is 11.6 Å². The number of benzene rings is 1. The molecule has 1 aliphatic carbocycles. The molecule has 0 atom stereocenters. The molecule has 1 fully saturated rings. The van der Waals surface area contributed by atoms with Crippen molar-refractivity contribution in [3.8, 4) is 0 Å². The van der Waals surface area contributed by atoms with Crippen molar-refractivity contribution in [3.05, 3.63) is 28.8 Å². The Balaban J connectivity index is 2.39. The normalized spacial score (nSPS) is 15.4. The van der Waals surface area contributed by atoms with Crippen molar-refractivity contribution in [2.75, 3.05) is 7.11 Å². The maximum atomic E-state index is 12.0. The van der Waals surface area contributed by atoms with E-state index in [1.165, 1.54) is 25.3 Å². The van der Waals surface area contributed by atoms with E-state index in [0.717, 1.165) is 12.8 Å². The number of rotatable bonds is 4. The van der Waals surface area contributed by atoms with E-state index in [2.05, 4.69) is 9.46 Å². The van der Waals surface area contributed by atoms with Gasteiger partial charge in [-0.3, -0.25) is 0 Å². The van der Waals surface area contributed by atoms with Gasteiger partial charge in [-0.25, -0.2) is 17.9 Å². The van der Waals surface area contributed by atoms with Gasteiger partial charge in [-0.05, 0) is 31.0 Å². The van der Waals surface area contributed by atoms with Crippen molar-refractivity contribution < 1.29 is 17.9 Å². The molecule has 7 heteroatoms. The molecule has 0 unspecified atom stereocenters. The van der Waals surface area contributed by atoms with Gasteiger partial charge in [0, 0.05) is 6.04 Å². The van der Waals surface area contributed by atoms with Crippen LogP contribution in [0.5, 0.6) is 0 Å². The van der Waals surface area contributed by atoms with Gasteiger partial charge in [0.2, 0.25) is 10.0 Å². The third-order valence-electron chi connectivity index (χ3n) is 2.54. The summed E-state index contributed by atoms with van der Waals surface area (Å²) in [6.07, 6.45) is 1.65. The lowest BCUT2D eigenvalue weighted by atomic mass is 10.2. The van der Waals surface area contributed by atoms with Crippen molar-refractivity contribution in [2.24, 2.45) is 0 Å². The fraction of sp³-hybridized carbons (Fsp3) is 0.364. The Kier molecular flexibility index (Phi) is 3.61. The van der Waals surface area contributed by atoms with Crippen LogP contribution >= 0.6 is 11.6 Å². The Morgan fingerprint density at radius 1 is 1.44 bits per heavy atom. The SMILES string of the molecule is COC(=O)c1ccc(Cl)c(S(=O)(=O)NC2CC2)c1. The van der Waals surface area contributed by atoms with E-state index < -0.39 is 16.0 Å². The number of esters is 1. The summed E-state index contributed by atoms with van der Waals surface area (Å²) in [5.74, 6) is -0.602. The van der Waals surface area contributed by atoms with Gasteiger partial charge < -0.3 is 4.74 Å². The van der Waals surface area contributed by atoms with Crippen LogP contribution < -0.4 is 4.72 Å². The minimum Gasteiger partial charge on any atom is -0.465 e. The summed E-state index contributed by atoms with van der Waals surface area (Å²) in [6, 6.07) is 3.99. The molecule has 1 aromatic carbocycles. The first-order valence-electron chi connectivity index (χ1n) is 5.34. The lowest BCUT2D eigenvalue weighted by molar-refractivity contribution is 0.0600. The van der Waals surface area contributed by atoms with Crippen molar-refractivity contribution in [3.63, 3.8) is 0 Å². The average molecular weight is 290 g/mol. The summed E-state index contributed by atoms with van der Waals surface area (Å²) < 4.78 is 31.1. The molecule has 0 spiro atoms. The Labute approximate surface area is 110 Å². The molecule has 0 saturated heterocycles. The first-order chi connectivity index (χ1) is 8.44. The predicted octanol–water partition coefficient (Wildman–Crippen LogP) is 1.57.